The van der Waals surface area contributed by atoms with Crippen molar-refractivity contribution in [1.29, 1.82) is 0 Å². The fraction of sp³-hybridized carbons (Fsp3) is 0.357. The highest BCUT2D eigenvalue weighted by Crippen LogP contribution is 2.33. The Hall–Kier alpha value is -1.89. The van der Waals surface area contributed by atoms with Crippen LogP contribution in [0.1, 0.15) is 18.5 Å². The van der Waals surface area contributed by atoms with E-state index in [-0.39, 0.29) is 23.3 Å². The number of hydrogen-bond donors (Lipinski definition) is 2. The lowest BCUT2D eigenvalue weighted by Gasteiger charge is -2.08. The number of hydrogen-bond acceptors (Lipinski definition) is 3. The van der Waals surface area contributed by atoms with Crippen molar-refractivity contribution in [3.8, 4) is 11.1 Å². The van der Waals surface area contributed by atoms with Crippen LogP contribution in [0.4, 0.5) is 10.2 Å². The van der Waals surface area contributed by atoms with Crippen LogP contribution in [-0.4, -0.2) is 24.4 Å². The molecule has 0 aliphatic heterocycles. The highest BCUT2D eigenvalue weighted by atomic mass is 32.2. The summed E-state index contributed by atoms with van der Waals surface area (Å²) in [6.45, 7) is 1.80. The number of aromatic amines is 1. The van der Waals surface area contributed by atoms with Gasteiger partial charge in [-0.1, -0.05) is 12.1 Å². The second-order valence-electron chi connectivity index (χ2n) is 5.41. The Morgan fingerprint density at radius 1 is 1.33 bits per heavy atom. The number of nitrogens with one attached hydrogen (secondary N) is 2. The van der Waals surface area contributed by atoms with Gasteiger partial charge in [0, 0.05) is 11.3 Å². The summed E-state index contributed by atoms with van der Waals surface area (Å²) < 4.78 is 39.7. The standard InChI is InChI=1S/C14H16FN3O2S/c1-9-13(11-4-6-12(15)7-5-11)14(17-16-9)18-21(19,20)8-10-2-3-10/h4-7,10H,2-3,8H2,1H3,(H2,16,17,18). The molecule has 3 rings (SSSR count). The monoisotopic (exact) mass is 309 g/mol. The van der Waals surface area contributed by atoms with Crippen LogP contribution in [0.5, 0.6) is 0 Å². The molecule has 0 spiro atoms. The molecule has 2 aromatic rings. The van der Waals surface area contributed by atoms with Crippen molar-refractivity contribution in [2.24, 2.45) is 5.92 Å². The normalized spacial score (nSPS) is 15.1. The number of halogens is 1. The minimum Gasteiger partial charge on any atom is -0.280 e. The number of H-pyrrole nitrogens is 1. The number of sulfonamides is 1. The van der Waals surface area contributed by atoms with E-state index < -0.39 is 10.0 Å². The molecule has 0 radical (unpaired) electrons. The lowest BCUT2D eigenvalue weighted by atomic mass is 10.1. The van der Waals surface area contributed by atoms with Crippen LogP contribution in [0.15, 0.2) is 24.3 Å². The van der Waals surface area contributed by atoms with Gasteiger partial charge in [0.2, 0.25) is 10.0 Å². The molecule has 0 bridgehead atoms. The van der Waals surface area contributed by atoms with Crippen molar-refractivity contribution in [2.75, 3.05) is 10.5 Å². The van der Waals surface area contributed by atoms with E-state index in [1.165, 1.54) is 12.1 Å². The van der Waals surface area contributed by atoms with Gasteiger partial charge in [-0.25, -0.2) is 12.8 Å². The van der Waals surface area contributed by atoms with Crippen molar-refractivity contribution >= 4 is 15.8 Å². The molecular formula is C14H16FN3O2S. The van der Waals surface area contributed by atoms with Gasteiger partial charge in [0.15, 0.2) is 5.82 Å². The zero-order valence-electron chi connectivity index (χ0n) is 11.6. The number of anilines is 1. The molecule has 1 aliphatic carbocycles. The summed E-state index contributed by atoms with van der Waals surface area (Å²) >= 11 is 0. The molecule has 0 amide bonds. The van der Waals surface area contributed by atoms with Crippen molar-refractivity contribution in [3.05, 3.63) is 35.8 Å². The Bertz CT molecular complexity index is 749. The van der Waals surface area contributed by atoms with E-state index >= 15 is 0 Å². The highest BCUT2D eigenvalue weighted by molar-refractivity contribution is 7.92. The van der Waals surface area contributed by atoms with Crippen molar-refractivity contribution in [1.82, 2.24) is 10.2 Å². The van der Waals surface area contributed by atoms with Gasteiger partial charge in [0.1, 0.15) is 5.82 Å². The average molecular weight is 309 g/mol. The van der Waals surface area contributed by atoms with Crippen LogP contribution >= 0.6 is 0 Å². The molecule has 1 aromatic heterocycles. The smallest absolute Gasteiger partial charge is 0.234 e. The summed E-state index contributed by atoms with van der Waals surface area (Å²) in [7, 11) is -3.40. The van der Waals surface area contributed by atoms with Crippen LogP contribution in [0.2, 0.25) is 0 Å². The molecule has 1 saturated carbocycles. The molecule has 2 N–H and O–H groups in total. The molecule has 5 nitrogen and oxygen atoms in total. The first-order valence-corrected chi connectivity index (χ1v) is 8.41. The lowest BCUT2D eigenvalue weighted by molar-refractivity contribution is 0.597. The van der Waals surface area contributed by atoms with Gasteiger partial charge < -0.3 is 0 Å². The maximum absolute atomic E-state index is 13.0. The summed E-state index contributed by atoms with van der Waals surface area (Å²) in [4.78, 5) is 0. The third-order valence-corrected chi connectivity index (χ3v) is 4.90. The quantitative estimate of drug-likeness (QED) is 0.891. The summed E-state index contributed by atoms with van der Waals surface area (Å²) in [5.41, 5.74) is 2.09. The number of aromatic nitrogens is 2. The van der Waals surface area contributed by atoms with Gasteiger partial charge in [-0.2, -0.15) is 5.10 Å². The molecule has 21 heavy (non-hydrogen) atoms. The molecule has 0 atom stereocenters. The second-order valence-corrected chi connectivity index (χ2v) is 7.17. The van der Waals surface area contributed by atoms with Gasteiger partial charge in [-0.3, -0.25) is 9.82 Å². The third-order valence-electron chi connectivity index (χ3n) is 3.48. The second kappa shape index (κ2) is 5.14. The molecular weight excluding hydrogens is 293 g/mol. The average Bonchev–Trinajstić information content (AvgIpc) is 3.14. The van der Waals surface area contributed by atoms with Gasteiger partial charge in [0.05, 0.1) is 5.75 Å². The predicted octanol–water partition coefficient (Wildman–Crippen LogP) is 2.68. The highest BCUT2D eigenvalue weighted by Gasteiger charge is 2.29. The molecule has 0 unspecified atom stereocenters. The predicted molar refractivity (Wildman–Crippen MR) is 78.9 cm³/mol. The summed E-state index contributed by atoms with van der Waals surface area (Å²) in [6, 6.07) is 5.88. The molecule has 0 saturated heterocycles. The summed E-state index contributed by atoms with van der Waals surface area (Å²) in [5, 5.41) is 6.79. The molecule has 1 heterocycles. The topological polar surface area (TPSA) is 74.8 Å². The Labute approximate surface area is 122 Å². The first kappa shape index (κ1) is 14.1. The first-order chi connectivity index (χ1) is 9.94. The fourth-order valence-corrected chi connectivity index (χ4v) is 3.74. The van der Waals surface area contributed by atoms with Crippen LogP contribution in [0.25, 0.3) is 11.1 Å². The molecule has 1 fully saturated rings. The number of nitrogens with zero attached hydrogens (tertiary/aromatic N) is 1. The van der Waals surface area contributed by atoms with Crippen molar-refractivity contribution < 1.29 is 12.8 Å². The zero-order valence-corrected chi connectivity index (χ0v) is 12.4. The van der Waals surface area contributed by atoms with E-state index in [1.54, 1.807) is 19.1 Å². The molecule has 7 heteroatoms. The largest absolute Gasteiger partial charge is 0.280 e. The maximum Gasteiger partial charge on any atom is 0.234 e. The molecule has 1 aromatic carbocycles. The van der Waals surface area contributed by atoms with Crippen molar-refractivity contribution in [3.63, 3.8) is 0 Å². The fourth-order valence-electron chi connectivity index (χ4n) is 2.26. The number of rotatable bonds is 5. The summed E-state index contributed by atoms with van der Waals surface area (Å²) in [5.74, 6) is 0.314. The number of benzene rings is 1. The maximum atomic E-state index is 13.0. The van der Waals surface area contributed by atoms with Crippen LogP contribution in [-0.2, 0) is 10.0 Å². The third kappa shape index (κ3) is 3.24. The van der Waals surface area contributed by atoms with Gasteiger partial charge in [0.25, 0.3) is 0 Å². The van der Waals surface area contributed by atoms with Crippen LogP contribution in [0.3, 0.4) is 0 Å². The van der Waals surface area contributed by atoms with E-state index in [9.17, 15) is 12.8 Å². The van der Waals surface area contributed by atoms with Crippen LogP contribution in [0, 0.1) is 18.7 Å². The molecule has 1 aliphatic rings. The first-order valence-electron chi connectivity index (χ1n) is 6.76. The van der Waals surface area contributed by atoms with E-state index in [4.69, 9.17) is 0 Å². The van der Waals surface area contributed by atoms with Gasteiger partial charge in [-0.15, -0.1) is 0 Å². The summed E-state index contributed by atoms with van der Waals surface area (Å²) in [6.07, 6.45) is 1.93. The number of aryl methyl sites for hydroxylation is 1. The van der Waals surface area contributed by atoms with Gasteiger partial charge >= 0.3 is 0 Å². The minimum absolute atomic E-state index is 0.127. The van der Waals surface area contributed by atoms with E-state index in [0.29, 0.717) is 11.1 Å². The van der Waals surface area contributed by atoms with E-state index in [0.717, 1.165) is 18.5 Å². The van der Waals surface area contributed by atoms with Gasteiger partial charge in [-0.05, 0) is 43.4 Å². The van der Waals surface area contributed by atoms with Crippen molar-refractivity contribution in [2.45, 2.75) is 19.8 Å². The Balaban J connectivity index is 1.91. The Morgan fingerprint density at radius 3 is 2.62 bits per heavy atom. The Morgan fingerprint density at radius 2 is 2.00 bits per heavy atom. The Kier molecular flexibility index (Phi) is 3.44. The lowest BCUT2D eigenvalue weighted by Crippen LogP contribution is -2.18. The van der Waals surface area contributed by atoms with E-state index in [2.05, 4.69) is 14.9 Å². The molecule has 112 valence electrons. The minimum atomic E-state index is -3.40. The zero-order chi connectivity index (χ0) is 15.0. The van der Waals surface area contributed by atoms with Crippen LogP contribution < -0.4 is 4.72 Å². The SMILES string of the molecule is Cc1[nH]nc(NS(=O)(=O)CC2CC2)c1-c1ccc(F)cc1. The van der Waals surface area contributed by atoms with E-state index in [1.807, 2.05) is 0 Å².